The summed E-state index contributed by atoms with van der Waals surface area (Å²) >= 11 is 3.00. The van der Waals surface area contributed by atoms with Crippen molar-refractivity contribution in [2.24, 2.45) is 0 Å². The van der Waals surface area contributed by atoms with E-state index in [1.54, 1.807) is 0 Å². The molecule has 0 bridgehead atoms. The summed E-state index contributed by atoms with van der Waals surface area (Å²) in [4.78, 5) is -0.135. The number of nitrogens with two attached hydrogens (primary N) is 1. The van der Waals surface area contributed by atoms with Crippen LogP contribution in [0.1, 0.15) is 0 Å². The normalized spacial score (nSPS) is 13.4. The maximum absolute atomic E-state index is 13.2. The Morgan fingerprint density at radius 3 is 2.65 bits per heavy atom. The smallest absolute Gasteiger partial charge is 0.241 e. The summed E-state index contributed by atoms with van der Waals surface area (Å²) in [6.45, 7) is 0.266. The lowest BCUT2D eigenvalue weighted by Gasteiger charge is -2.16. The molecule has 3 N–H and O–H groups in total. The molecule has 0 amide bonds. The highest BCUT2D eigenvalue weighted by molar-refractivity contribution is 9.10. The van der Waals surface area contributed by atoms with Gasteiger partial charge in [0.25, 0.3) is 0 Å². The van der Waals surface area contributed by atoms with Crippen LogP contribution in [0.15, 0.2) is 21.5 Å². The van der Waals surface area contributed by atoms with Gasteiger partial charge in [-0.2, -0.15) is 0 Å². The number of nitrogen functional groups attached to an aromatic ring is 1. The van der Waals surface area contributed by atoms with Gasteiger partial charge < -0.3 is 15.2 Å². The molecule has 114 valence electrons. The van der Waals surface area contributed by atoms with Crippen LogP contribution in [0.3, 0.4) is 0 Å². The molecule has 1 aromatic carbocycles. The molecule has 0 aliphatic heterocycles. The second kappa shape index (κ2) is 7.32. The van der Waals surface area contributed by atoms with Gasteiger partial charge in [-0.25, -0.2) is 17.5 Å². The number of methoxy groups -OCH3 is 2. The molecule has 0 aromatic heterocycles. The quantitative estimate of drug-likeness (QED) is 0.701. The fraction of sp³-hybridized carbons (Fsp3) is 0.455. The lowest BCUT2D eigenvalue weighted by Crippen LogP contribution is -2.35. The van der Waals surface area contributed by atoms with Crippen LogP contribution in [-0.2, 0) is 19.5 Å². The van der Waals surface area contributed by atoms with Crippen molar-refractivity contribution < 1.29 is 22.3 Å². The minimum absolute atomic E-state index is 0.0242. The fourth-order valence-corrected chi connectivity index (χ4v) is 3.54. The van der Waals surface area contributed by atoms with Crippen LogP contribution in [-0.4, -0.2) is 41.9 Å². The Morgan fingerprint density at radius 1 is 1.45 bits per heavy atom. The van der Waals surface area contributed by atoms with Crippen molar-refractivity contribution in [2.75, 3.05) is 33.1 Å². The number of ether oxygens (including phenoxy) is 2. The third kappa shape index (κ3) is 4.38. The topological polar surface area (TPSA) is 90.7 Å². The van der Waals surface area contributed by atoms with E-state index in [1.807, 2.05) is 0 Å². The molecule has 1 aromatic rings. The Hall–Kier alpha value is -0.740. The maximum atomic E-state index is 13.2. The Balaban J connectivity index is 2.92. The molecule has 1 atom stereocenters. The number of hydrogen-bond acceptors (Lipinski definition) is 5. The van der Waals surface area contributed by atoms with E-state index in [9.17, 15) is 12.8 Å². The van der Waals surface area contributed by atoms with Crippen molar-refractivity contribution in [3.8, 4) is 0 Å². The highest BCUT2D eigenvalue weighted by Crippen LogP contribution is 2.26. The SMILES string of the molecule is COCC(CNS(=O)(=O)c1cc(N)c(F)cc1Br)OC. The molecule has 0 radical (unpaired) electrons. The van der Waals surface area contributed by atoms with Gasteiger partial charge in [-0.05, 0) is 28.1 Å². The Morgan fingerprint density at radius 2 is 2.10 bits per heavy atom. The molecule has 0 spiro atoms. The van der Waals surface area contributed by atoms with Crippen LogP contribution in [0.25, 0.3) is 0 Å². The van der Waals surface area contributed by atoms with E-state index in [1.165, 1.54) is 14.2 Å². The molecule has 0 aliphatic rings. The Kier molecular flexibility index (Phi) is 6.34. The minimum Gasteiger partial charge on any atom is -0.396 e. The molecular weight excluding hydrogens is 355 g/mol. The first-order chi connectivity index (χ1) is 9.31. The summed E-state index contributed by atoms with van der Waals surface area (Å²) in [5.41, 5.74) is 5.14. The zero-order valence-electron chi connectivity index (χ0n) is 11.0. The first kappa shape index (κ1) is 17.3. The number of nitrogens with one attached hydrogen (secondary N) is 1. The predicted molar refractivity (Wildman–Crippen MR) is 76.4 cm³/mol. The van der Waals surface area contributed by atoms with Crippen molar-refractivity contribution in [3.63, 3.8) is 0 Å². The fourth-order valence-electron chi connectivity index (χ4n) is 1.43. The maximum Gasteiger partial charge on any atom is 0.241 e. The number of sulfonamides is 1. The molecule has 0 saturated carbocycles. The highest BCUT2D eigenvalue weighted by Gasteiger charge is 2.21. The van der Waals surface area contributed by atoms with Crippen molar-refractivity contribution in [1.29, 1.82) is 0 Å². The van der Waals surface area contributed by atoms with E-state index in [2.05, 4.69) is 20.7 Å². The Bertz CT molecular complexity index is 568. The van der Waals surface area contributed by atoms with E-state index < -0.39 is 21.9 Å². The molecular formula is C11H16BrFN2O4S. The minimum atomic E-state index is -3.83. The van der Waals surface area contributed by atoms with E-state index in [0.717, 1.165) is 12.1 Å². The van der Waals surface area contributed by atoms with Gasteiger partial charge in [-0.1, -0.05) is 0 Å². The van der Waals surface area contributed by atoms with Gasteiger partial charge in [-0.3, -0.25) is 0 Å². The summed E-state index contributed by atoms with van der Waals surface area (Å²) in [7, 11) is -0.901. The van der Waals surface area contributed by atoms with Crippen molar-refractivity contribution >= 4 is 31.6 Å². The number of rotatable bonds is 7. The van der Waals surface area contributed by atoms with E-state index in [4.69, 9.17) is 15.2 Å². The molecule has 0 saturated heterocycles. The molecule has 1 rings (SSSR count). The lowest BCUT2D eigenvalue weighted by molar-refractivity contribution is 0.0320. The van der Waals surface area contributed by atoms with Crippen molar-refractivity contribution in [3.05, 3.63) is 22.4 Å². The van der Waals surface area contributed by atoms with Gasteiger partial charge in [0.1, 0.15) is 5.82 Å². The van der Waals surface area contributed by atoms with Crippen LogP contribution in [0.4, 0.5) is 10.1 Å². The summed E-state index contributed by atoms with van der Waals surface area (Å²) in [5.74, 6) is -0.690. The first-order valence-electron chi connectivity index (χ1n) is 5.57. The van der Waals surface area contributed by atoms with Gasteiger partial charge in [0.2, 0.25) is 10.0 Å². The second-order valence-electron chi connectivity index (χ2n) is 3.97. The van der Waals surface area contributed by atoms with Gasteiger partial charge in [-0.15, -0.1) is 0 Å². The summed E-state index contributed by atoms with van der Waals surface area (Å²) in [5, 5.41) is 0. The average Bonchev–Trinajstić information content (AvgIpc) is 2.38. The third-order valence-electron chi connectivity index (χ3n) is 2.53. The monoisotopic (exact) mass is 370 g/mol. The summed E-state index contributed by atoms with van der Waals surface area (Å²) in [6.07, 6.45) is -0.425. The van der Waals surface area contributed by atoms with Gasteiger partial charge >= 0.3 is 0 Å². The van der Waals surface area contributed by atoms with Crippen LogP contribution in [0.2, 0.25) is 0 Å². The number of hydrogen-bond donors (Lipinski definition) is 2. The van der Waals surface area contributed by atoms with E-state index >= 15 is 0 Å². The van der Waals surface area contributed by atoms with E-state index in [0.29, 0.717) is 0 Å². The number of halogens is 2. The van der Waals surface area contributed by atoms with E-state index in [-0.39, 0.29) is 28.2 Å². The standard InChI is InChI=1S/C11H16BrFN2O4S/c1-18-6-7(19-2)5-15-20(16,17)11-4-10(14)9(13)3-8(11)12/h3-4,7,15H,5-6,14H2,1-2H3. The zero-order valence-corrected chi connectivity index (χ0v) is 13.4. The zero-order chi connectivity index (χ0) is 15.3. The lowest BCUT2D eigenvalue weighted by atomic mass is 10.3. The van der Waals surface area contributed by atoms with Gasteiger partial charge in [0.15, 0.2) is 0 Å². The third-order valence-corrected chi connectivity index (χ3v) is 4.91. The van der Waals surface area contributed by atoms with Crippen LogP contribution in [0, 0.1) is 5.82 Å². The van der Waals surface area contributed by atoms with Gasteiger partial charge in [0, 0.05) is 25.2 Å². The number of benzene rings is 1. The van der Waals surface area contributed by atoms with Gasteiger partial charge in [0.05, 0.1) is 23.3 Å². The highest BCUT2D eigenvalue weighted by atomic mass is 79.9. The first-order valence-corrected chi connectivity index (χ1v) is 7.85. The summed E-state index contributed by atoms with van der Waals surface area (Å²) < 4.78 is 49.8. The Labute approximate surface area is 125 Å². The van der Waals surface area contributed by atoms with Crippen LogP contribution < -0.4 is 10.5 Å². The largest absolute Gasteiger partial charge is 0.396 e. The molecule has 1 unspecified atom stereocenters. The molecule has 0 aliphatic carbocycles. The molecule has 6 nitrogen and oxygen atoms in total. The molecule has 0 fully saturated rings. The van der Waals surface area contributed by atoms with Crippen LogP contribution >= 0.6 is 15.9 Å². The summed E-state index contributed by atoms with van der Waals surface area (Å²) in [6, 6.07) is 2.06. The predicted octanol–water partition coefficient (Wildman–Crippen LogP) is 1.11. The van der Waals surface area contributed by atoms with Crippen molar-refractivity contribution in [1.82, 2.24) is 4.72 Å². The average molecular weight is 371 g/mol. The molecule has 20 heavy (non-hydrogen) atoms. The van der Waals surface area contributed by atoms with Crippen molar-refractivity contribution in [2.45, 2.75) is 11.0 Å². The molecule has 9 heteroatoms. The van der Waals surface area contributed by atoms with Crippen LogP contribution in [0.5, 0.6) is 0 Å². The molecule has 0 heterocycles. The second-order valence-corrected chi connectivity index (χ2v) is 6.56. The number of anilines is 1.